The molecule has 3 aliphatic heterocycles. The fourth-order valence-electron chi connectivity index (χ4n) is 3.98. The Kier molecular flexibility index (Phi) is 4.94. The van der Waals surface area contributed by atoms with Gasteiger partial charge in [-0.25, -0.2) is 0 Å². The molecule has 12 heteroatoms. The first-order chi connectivity index (χ1) is 14.0. The second-order valence-electron chi connectivity index (χ2n) is 8.32. The lowest BCUT2D eigenvalue weighted by molar-refractivity contribution is -0.393. The van der Waals surface area contributed by atoms with Gasteiger partial charge in [-0.2, -0.15) is 0 Å². The van der Waals surface area contributed by atoms with Crippen LogP contribution in [0.2, 0.25) is 0 Å². The lowest BCUT2D eigenvalue weighted by atomic mass is 10.0. The molecule has 0 amide bonds. The van der Waals surface area contributed by atoms with Crippen LogP contribution in [-0.2, 0) is 23.7 Å². The van der Waals surface area contributed by atoms with Gasteiger partial charge in [0.15, 0.2) is 17.9 Å². The second-order valence-corrected chi connectivity index (χ2v) is 8.32. The SMILES string of the molecule is CC1(C)OCC([C@H]2O[C@@H]3OC(C)(C)O[C@@H]3[C@H]2Nc2ccc([N+](=O)[O-])cc2[N+](=O)[O-])O1. The minimum Gasteiger partial charge on any atom is -0.371 e. The topological polar surface area (TPSA) is 144 Å². The van der Waals surface area contributed by atoms with Gasteiger partial charge in [-0.1, -0.05) is 0 Å². The molecule has 1 aromatic rings. The molecular weight excluding hydrogens is 402 g/mol. The van der Waals surface area contributed by atoms with Crippen LogP contribution in [0.25, 0.3) is 0 Å². The number of ether oxygens (including phenoxy) is 5. The minimum absolute atomic E-state index is 0.108. The number of nitro groups is 2. The number of anilines is 1. The van der Waals surface area contributed by atoms with Gasteiger partial charge in [-0.05, 0) is 33.8 Å². The summed E-state index contributed by atoms with van der Waals surface area (Å²) in [4.78, 5) is 21.2. The van der Waals surface area contributed by atoms with Gasteiger partial charge in [-0.3, -0.25) is 20.2 Å². The molecule has 164 valence electrons. The Balaban J connectivity index is 1.65. The number of hydrogen-bond donors (Lipinski definition) is 1. The lowest BCUT2D eigenvalue weighted by Crippen LogP contribution is -2.47. The predicted molar refractivity (Wildman–Crippen MR) is 101 cm³/mol. The molecule has 0 spiro atoms. The van der Waals surface area contributed by atoms with E-state index in [-0.39, 0.29) is 18.0 Å². The highest BCUT2D eigenvalue weighted by molar-refractivity contribution is 5.66. The standard InChI is InChI=1S/C18H23N3O9/c1-17(2)26-8-12(28-17)14-13(15-16(27-14)30-18(3,4)29-15)19-10-6-5-9(20(22)23)7-11(10)21(24)25/h5-7,12-16,19H,8H2,1-4H3/t12?,13-,14+,15+,16+/m0/s1. The molecule has 1 unspecified atom stereocenters. The van der Waals surface area contributed by atoms with Crippen LogP contribution < -0.4 is 5.32 Å². The van der Waals surface area contributed by atoms with Gasteiger partial charge in [0.2, 0.25) is 0 Å². The summed E-state index contributed by atoms with van der Waals surface area (Å²) in [6.07, 6.45) is -2.33. The zero-order chi connectivity index (χ0) is 21.8. The first kappa shape index (κ1) is 20.9. The Morgan fingerprint density at radius 2 is 1.73 bits per heavy atom. The molecule has 3 aliphatic rings. The highest BCUT2D eigenvalue weighted by Crippen LogP contribution is 2.42. The molecule has 1 N–H and O–H groups in total. The number of nitrogens with one attached hydrogen (secondary N) is 1. The van der Waals surface area contributed by atoms with Crippen molar-refractivity contribution < 1.29 is 33.5 Å². The molecule has 1 aromatic carbocycles. The van der Waals surface area contributed by atoms with E-state index in [0.717, 1.165) is 6.07 Å². The molecule has 5 atom stereocenters. The number of fused-ring (bicyclic) bond motifs is 1. The van der Waals surface area contributed by atoms with E-state index >= 15 is 0 Å². The third kappa shape index (κ3) is 3.84. The smallest absolute Gasteiger partial charge is 0.299 e. The van der Waals surface area contributed by atoms with Crippen molar-refractivity contribution in [1.29, 1.82) is 0 Å². The van der Waals surface area contributed by atoms with Crippen molar-refractivity contribution in [2.75, 3.05) is 11.9 Å². The summed E-state index contributed by atoms with van der Waals surface area (Å²) >= 11 is 0. The number of hydrogen-bond acceptors (Lipinski definition) is 10. The Labute approximate surface area is 171 Å². The van der Waals surface area contributed by atoms with Gasteiger partial charge in [-0.15, -0.1) is 0 Å². The van der Waals surface area contributed by atoms with E-state index in [1.54, 1.807) is 27.7 Å². The van der Waals surface area contributed by atoms with E-state index in [1.807, 2.05) is 0 Å². The van der Waals surface area contributed by atoms with Crippen molar-refractivity contribution in [3.8, 4) is 0 Å². The maximum Gasteiger partial charge on any atom is 0.299 e. The molecular formula is C18H23N3O9. The van der Waals surface area contributed by atoms with Crippen LogP contribution in [0.15, 0.2) is 18.2 Å². The van der Waals surface area contributed by atoms with Crippen molar-refractivity contribution in [3.05, 3.63) is 38.4 Å². The number of benzene rings is 1. The summed E-state index contributed by atoms with van der Waals surface area (Å²) in [5.74, 6) is -1.69. The number of non-ortho nitro benzene ring substituents is 1. The zero-order valence-electron chi connectivity index (χ0n) is 16.9. The molecule has 0 saturated carbocycles. The van der Waals surface area contributed by atoms with Gasteiger partial charge in [0.1, 0.15) is 24.0 Å². The largest absolute Gasteiger partial charge is 0.371 e. The normalized spacial score (nSPS) is 33.9. The zero-order valence-corrected chi connectivity index (χ0v) is 16.9. The summed E-state index contributed by atoms with van der Waals surface area (Å²) in [6, 6.07) is 2.84. The van der Waals surface area contributed by atoms with Crippen LogP contribution in [0.3, 0.4) is 0 Å². The Bertz CT molecular complexity index is 874. The molecule has 3 saturated heterocycles. The Morgan fingerprint density at radius 3 is 2.33 bits per heavy atom. The molecule has 0 aromatic heterocycles. The van der Waals surface area contributed by atoms with Crippen LogP contribution in [0.5, 0.6) is 0 Å². The summed E-state index contributed by atoms with van der Waals surface area (Å²) in [6.45, 7) is 7.31. The van der Waals surface area contributed by atoms with Gasteiger partial charge in [0.05, 0.1) is 28.6 Å². The first-order valence-electron chi connectivity index (χ1n) is 9.48. The van der Waals surface area contributed by atoms with Gasteiger partial charge in [0.25, 0.3) is 11.4 Å². The molecule has 4 rings (SSSR count). The van der Waals surface area contributed by atoms with E-state index in [4.69, 9.17) is 23.7 Å². The molecule has 3 heterocycles. The average molecular weight is 425 g/mol. The number of nitro benzene ring substituents is 2. The average Bonchev–Trinajstić information content (AvgIpc) is 3.25. The molecule has 3 fully saturated rings. The van der Waals surface area contributed by atoms with Gasteiger partial charge in [0, 0.05) is 6.07 Å². The number of rotatable bonds is 5. The lowest BCUT2D eigenvalue weighted by Gasteiger charge is -2.30. The van der Waals surface area contributed by atoms with Gasteiger partial charge < -0.3 is 29.0 Å². The van der Waals surface area contributed by atoms with Crippen LogP contribution in [-0.4, -0.2) is 58.7 Å². The van der Waals surface area contributed by atoms with Crippen LogP contribution in [0.1, 0.15) is 27.7 Å². The fraction of sp³-hybridized carbons (Fsp3) is 0.667. The molecule has 0 aliphatic carbocycles. The van der Waals surface area contributed by atoms with Crippen LogP contribution in [0, 0.1) is 20.2 Å². The maximum absolute atomic E-state index is 11.5. The third-order valence-electron chi connectivity index (χ3n) is 5.20. The third-order valence-corrected chi connectivity index (χ3v) is 5.20. The minimum atomic E-state index is -0.895. The van der Waals surface area contributed by atoms with E-state index in [1.165, 1.54) is 12.1 Å². The summed E-state index contributed by atoms with van der Waals surface area (Å²) < 4.78 is 29.4. The fourth-order valence-corrected chi connectivity index (χ4v) is 3.98. The molecule has 0 bridgehead atoms. The quantitative estimate of drug-likeness (QED) is 0.551. The van der Waals surface area contributed by atoms with Crippen molar-refractivity contribution in [1.82, 2.24) is 0 Å². The molecule has 30 heavy (non-hydrogen) atoms. The molecule has 0 radical (unpaired) electrons. The summed E-state index contributed by atoms with van der Waals surface area (Å²) in [5, 5.41) is 25.6. The van der Waals surface area contributed by atoms with Crippen LogP contribution in [0.4, 0.5) is 17.1 Å². The summed E-state index contributed by atoms with van der Waals surface area (Å²) in [5.41, 5.74) is -0.690. The molecule has 12 nitrogen and oxygen atoms in total. The first-order valence-corrected chi connectivity index (χ1v) is 9.48. The number of nitrogens with zero attached hydrogens (tertiary/aromatic N) is 2. The van der Waals surface area contributed by atoms with E-state index in [9.17, 15) is 20.2 Å². The van der Waals surface area contributed by atoms with Crippen LogP contribution >= 0.6 is 0 Å². The predicted octanol–water partition coefficient (Wildman–Crippen LogP) is 2.31. The van der Waals surface area contributed by atoms with E-state index in [0.29, 0.717) is 0 Å². The Morgan fingerprint density at radius 1 is 1.00 bits per heavy atom. The van der Waals surface area contributed by atoms with Crippen molar-refractivity contribution in [2.45, 2.75) is 69.9 Å². The summed E-state index contributed by atoms with van der Waals surface area (Å²) in [7, 11) is 0. The highest BCUT2D eigenvalue weighted by atomic mass is 16.8. The van der Waals surface area contributed by atoms with E-state index in [2.05, 4.69) is 5.32 Å². The van der Waals surface area contributed by atoms with E-state index < -0.39 is 57.8 Å². The Hall–Kier alpha value is -2.38. The van der Waals surface area contributed by atoms with Crippen molar-refractivity contribution in [3.63, 3.8) is 0 Å². The maximum atomic E-state index is 11.5. The second kappa shape index (κ2) is 7.10. The van der Waals surface area contributed by atoms with Crippen molar-refractivity contribution >= 4 is 17.1 Å². The van der Waals surface area contributed by atoms with Gasteiger partial charge >= 0.3 is 0 Å². The monoisotopic (exact) mass is 425 g/mol. The van der Waals surface area contributed by atoms with Crippen molar-refractivity contribution in [2.24, 2.45) is 0 Å². The highest BCUT2D eigenvalue weighted by Gasteiger charge is 2.58.